The number of hydrogen-bond acceptors (Lipinski definition) is 4. The first-order chi connectivity index (χ1) is 7.68. The Bertz CT molecular complexity index is 362. The predicted molar refractivity (Wildman–Crippen MR) is 73.5 cm³/mol. The van der Waals surface area contributed by atoms with Gasteiger partial charge in [-0.15, -0.1) is 0 Å². The SMILES string of the molecule is C=O.CS(=O)SCC1=CC(C)(C)[N+](=O)C1(C)C. The molecular weight excluding hydrogens is 258 g/mol. The molecule has 0 aromatic carbocycles. The van der Waals surface area contributed by atoms with Crippen molar-refractivity contribution in [3.05, 3.63) is 16.6 Å². The van der Waals surface area contributed by atoms with Gasteiger partial charge in [0.2, 0.25) is 11.1 Å². The third-order valence-electron chi connectivity index (χ3n) is 2.72. The smallest absolute Gasteiger partial charge is 0.228 e. The van der Waals surface area contributed by atoms with Crippen molar-refractivity contribution in [1.82, 2.24) is 0 Å². The molecule has 1 aliphatic rings. The second kappa shape index (κ2) is 5.91. The third-order valence-corrected chi connectivity index (χ3v) is 4.83. The molecule has 0 bridgehead atoms. The van der Waals surface area contributed by atoms with Gasteiger partial charge in [0.1, 0.15) is 6.79 Å². The van der Waals surface area contributed by atoms with E-state index in [1.165, 1.54) is 10.8 Å². The molecule has 1 atom stereocenters. The Kier molecular flexibility index (Phi) is 5.74. The molecule has 0 spiro atoms. The highest BCUT2D eigenvalue weighted by Gasteiger charge is 2.54. The minimum Gasteiger partial charge on any atom is -0.307 e. The number of rotatable bonds is 3. The van der Waals surface area contributed by atoms with Crippen molar-refractivity contribution in [1.29, 1.82) is 0 Å². The zero-order chi connectivity index (χ0) is 13.9. The van der Waals surface area contributed by atoms with Crippen LogP contribution in [0.3, 0.4) is 0 Å². The zero-order valence-electron chi connectivity index (χ0n) is 11.0. The van der Waals surface area contributed by atoms with E-state index in [0.717, 1.165) is 10.3 Å². The van der Waals surface area contributed by atoms with Gasteiger partial charge in [-0.2, -0.15) is 0 Å². The van der Waals surface area contributed by atoms with E-state index < -0.39 is 20.9 Å². The van der Waals surface area contributed by atoms with E-state index in [-0.39, 0.29) is 0 Å². The molecule has 98 valence electrons. The molecule has 0 saturated carbocycles. The first-order valence-corrected chi connectivity index (χ1v) is 8.19. The highest BCUT2D eigenvalue weighted by molar-refractivity contribution is 8.69. The first kappa shape index (κ1) is 16.5. The van der Waals surface area contributed by atoms with Gasteiger partial charge in [-0.1, -0.05) is 10.8 Å². The van der Waals surface area contributed by atoms with Crippen LogP contribution in [0.15, 0.2) is 11.6 Å². The van der Waals surface area contributed by atoms with Crippen LogP contribution in [0.2, 0.25) is 0 Å². The van der Waals surface area contributed by atoms with E-state index in [1.807, 2.05) is 40.6 Å². The summed E-state index contributed by atoms with van der Waals surface area (Å²) < 4.78 is 12.1. The van der Waals surface area contributed by atoms with Gasteiger partial charge in [-0.05, 0) is 6.08 Å². The Morgan fingerprint density at radius 1 is 1.35 bits per heavy atom. The van der Waals surface area contributed by atoms with Crippen LogP contribution in [0.4, 0.5) is 0 Å². The van der Waals surface area contributed by atoms with Crippen LogP contribution >= 0.6 is 10.8 Å². The number of carbonyl (C=O) groups excluding carboxylic acids is 1. The van der Waals surface area contributed by atoms with E-state index in [2.05, 4.69) is 0 Å². The van der Waals surface area contributed by atoms with Crippen LogP contribution in [-0.4, -0.2) is 38.8 Å². The van der Waals surface area contributed by atoms with Crippen LogP contribution in [0.1, 0.15) is 27.7 Å². The van der Waals surface area contributed by atoms with Crippen LogP contribution < -0.4 is 0 Å². The first-order valence-electron chi connectivity index (χ1n) is 5.13. The fourth-order valence-corrected chi connectivity index (χ4v) is 3.49. The van der Waals surface area contributed by atoms with E-state index >= 15 is 0 Å². The summed E-state index contributed by atoms with van der Waals surface area (Å²) >= 11 is 0. The number of nitrogens with zero attached hydrogens (tertiary/aromatic N) is 1. The molecule has 0 radical (unpaired) electrons. The van der Waals surface area contributed by atoms with E-state index in [1.54, 1.807) is 6.26 Å². The third kappa shape index (κ3) is 3.74. The molecular formula is C11H20NO3S2+. The summed E-state index contributed by atoms with van der Waals surface area (Å²) in [5, 5.41) is 0. The molecule has 6 heteroatoms. The zero-order valence-corrected chi connectivity index (χ0v) is 12.6. The van der Waals surface area contributed by atoms with E-state index in [0.29, 0.717) is 5.75 Å². The van der Waals surface area contributed by atoms with Crippen LogP contribution in [0, 0.1) is 4.91 Å². The monoisotopic (exact) mass is 278 g/mol. The lowest BCUT2D eigenvalue weighted by atomic mass is 9.99. The summed E-state index contributed by atoms with van der Waals surface area (Å²) in [5.41, 5.74) is 0.146. The van der Waals surface area contributed by atoms with Crippen molar-refractivity contribution in [3.63, 3.8) is 0 Å². The topological polar surface area (TPSA) is 54.2 Å². The van der Waals surface area contributed by atoms with Crippen molar-refractivity contribution in [2.45, 2.75) is 38.8 Å². The molecule has 0 N–H and O–H groups in total. The fourth-order valence-electron chi connectivity index (χ4n) is 1.88. The van der Waals surface area contributed by atoms with Crippen LogP contribution in [0.25, 0.3) is 0 Å². The Balaban J connectivity index is 0.00000121. The second-order valence-electron chi connectivity index (χ2n) is 4.84. The Morgan fingerprint density at radius 2 is 1.82 bits per heavy atom. The lowest BCUT2D eigenvalue weighted by Gasteiger charge is -2.16. The van der Waals surface area contributed by atoms with Gasteiger partial charge in [0, 0.05) is 54.9 Å². The second-order valence-corrected chi connectivity index (χ2v) is 8.28. The van der Waals surface area contributed by atoms with Gasteiger partial charge in [0.05, 0.1) is 9.83 Å². The number of nitroso groups, excluding NO2 is 1. The molecule has 0 aromatic heterocycles. The summed E-state index contributed by atoms with van der Waals surface area (Å²) in [6.07, 6.45) is 3.66. The van der Waals surface area contributed by atoms with Crippen molar-refractivity contribution < 1.29 is 13.8 Å². The van der Waals surface area contributed by atoms with Crippen LogP contribution in [-0.2, 0) is 14.6 Å². The van der Waals surface area contributed by atoms with Gasteiger partial charge < -0.3 is 4.79 Å². The van der Waals surface area contributed by atoms with Gasteiger partial charge in [0.15, 0.2) is 0 Å². The highest BCUT2D eigenvalue weighted by atomic mass is 33.1. The maximum Gasteiger partial charge on any atom is 0.228 e. The molecule has 17 heavy (non-hydrogen) atoms. The average Bonchev–Trinajstić information content (AvgIpc) is 2.39. The molecule has 1 aliphatic heterocycles. The van der Waals surface area contributed by atoms with E-state index in [9.17, 15) is 9.12 Å². The average molecular weight is 278 g/mol. The molecule has 0 saturated heterocycles. The molecule has 0 aromatic rings. The lowest BCUT2D eigenvalue weighted by molar-refractivity contribution is -0.651. The van der Waals surface area contributed by atoms with Crippen molar-refractivity contribution in [3.8, 4) is 0 Å². The molecule has 4 nitrogen and oxygen atoms in total. The quantitative estimate of drug-likeness (QED) is 0.451. The lowest BCUT2D eigenvalue weighted by Crippen LogP contribution is -2.41. The Morgan fingerprint density at radius 3 is 2.12 bits per heavy atom. The van der Waals surface area contributed by atoms with Crippen LogP contribution in [0.5, 0.6) is 0 Å². The molecule has 1 rings (SSSR count). The summed E-state index contributed by atoms with van der Waals surface area (Å²) in [4.78, 5) is 20.0. The molecule has 1 heterocycles. The summed E-state index contributed by atoms with van der Waals surface area (Å²) in [6.45, 7) is 9.64. The maximum atomic E-state index is 12.0. The van der Waals surface area contributed by atoms with Crippen molar-refractivity contribution >= 4 is 27.4 Å². The standard InChI is InChI=1S/C10H18NO2S2.CH2O/c1-9(2)6-8(7-14-15(5)13)10(3,4)11(9)12;1-2/h6H,7H2,1-5H3;1H2/q+1;. The number of carbonyl (C=O) groups is 1. The van der Waals surface area contributed by atoms with Gasteiger partial charge in [-0.3, -0.25) is 0 Å². The summed E-state index contributed by atoms with van der Waals surface area (Å²) in [7, 11) is 0.496. The molecule has 1 unspecified atom stereocenters. The van der Waals surface area contributed by atoms with Gasteiger partial charge in [0.25, 0.3) is 0 Å². The van der Waals surface area contributed by atoms with Crippen molar-refractivity contribution in [2.24, 2.45) is 0 Å². The summed E-state index contributed by atoms with van der Waals surface area (Å²) in [6, 6.07) is 0. The molecule has 0 aliphatic carbocycles. The Hall–Kier alpha value is -0.490. The highest BCUT2D eigenvalue weighted by Crippen LogP contribution is 2.37. The summed E-state index contributed by atoms with van der Waals surface area (Å²) in [5.74, 6) is 0.665. The number of hydrogen-bond donors (Lipinski definition) is 0. The minimum absolute atomic E-state index is 0.450. The largest absolute Gasteiger partial charge is 0.307 e. The maximum absolute atomic E-state index is 12.0. The van der Waals surface area contributed by atoms with Crippen molar-refractivity contribution in [2.75, 3.05) is 12.0 Å². The minimum atomic E-state index is -0.876. The normalized spacial score (nSPS) is 22.4. The van der Waals surface area contributed by atoms with Gasteiger partial charge in [-0.25, -0.2) is 4.21 Å². The van der Waals surface area contributed by atoms with Gasteiger partial charge >= 0.3 is 0 Å². The molecule has 0 amide bonds. The van der Waals surface area contributed by atoms with E-state index in [4.69, 9.17) is 4.79 Å². The Labute approximate surface area is 109 Å². The predicted octanol–water partition coefficient (Wildman–Crippen LogP) is 2.10. The molecule has 0 fully saturated rings. The fraction of sp³-hybridized carbons (Fsp3) is 0.727.